The van der Waals surface area contributed by atoms with Gasteiger partial charge in [-0.15, -0.1) is 0 Å². The fourth-order valence-electron chi connectivity index (χ4n) is 3.75. The third-order valence-corrected chi connectivity index (χ3v) is 6.22. The zero-order valence-corrected chi connectivity index (χ0v) is 19.5. The Morgan fingerprint density at radius 2 is 1.72 bits per heavy atom. The number of nitrogens with one attached hydrogen (secondary N) is 1. The van der Waals surface area contributed by atoms with Crippen LogP contribution in [0.3, 0.4) is 0 Å². The third kappa shape index (κ3) is 5.00. The molecule has 1 aliphatic heterocycles. The van der Waals surface area contributed by atoms with Crippen LogP contribution in [-0.4, -0.2) is 51.9 Å². The van der Waals surface area contributed by atoms with Gasteiger partial charge in [0.1, 0.15) is 6.33 Å². The minimum absolute atomic E-state index is 0.193. The maximum Gasteiger partial charge on any atom is 0.322 e. The maximum absolute atomic E-state index is 12.7. The number of piperazine rings is 1. The summed E-state index contributed by atoms with van der Waals surface area (Å²) in [7, 11) is 0. The first kappa shape index (κ1) is 22.4. The van der Waals surface area contributed by atoms with E-state index in [1.165, 1.54) is 0 Å². The van der Waals surface area contributed by atoms with Crippen molar-refractivity contribution in [3.8, 4) is 11.4 Å². The number of hydrogen-bond acceptors (Lipinski definition) is 4. The van der Waals surface area contributed by atoms with Gasteiger partial charge < -0.3 is 15.1 Å². The molecule has 0 radical (unpaired) electrons. The number of para-hydroxylation sites is 1. The van der Waals surface area contributed by atoms with Crippen molar-refractivity contribution >= 4 is 40.6 Å². The van der Waals surface area contributed by atoms with Crippen LogP contribution in [0.15, 0.2) is 48.8 Å². The highest BCUT2D eigenvalue weighted by Gasteiger charge is 2.22. The maximum atomic E-state index is 12.7. The summed E-state index contributed by atoms with van der Waals surface area (Å²) in [6, 6.07) is 13.3. The van der Waals surface area contributed by atoms with E-state index < -0.39 is 0 Å². The molecule has 0 saturated carbocycles. The van der Waals surface area contributed by atoms with E-state index in [1.54, 1.807) is 29.4 Å². The molecule has 3 aromatic rings. The summed E-state index contributed by atoms with van der Waals surface area (Å²) in [6.07, 6.45) is 3.81. The molecule has 1 fully saturated rings. The number of hydrogen-bond donors (Lipinski definition) is 1. The van der Waals surface area contributed by atoms with Crippen molar-refractivity contribution in [2.75, 3.05) is 36.4 Å². The van der Waals surface area contributed by atoms with Gasteiger partial charge in [-0.2, -0.15) is 5.10 Å². The molecule has 0 bridgehead atoms. The number of unbranched alkanes of at least 4 members (excludes halogenated alkanes) is 1. The highest BCUT2D eigenvalue weighted by molar-refractivity contribution is 6.39. The van der Waals surface area contributed by atoms with Crippen LogP contribution < -0.4 is 10.2 Å². The number of amides is 2. The zero-order valence-electron chi connectivity index (χ0n) is 18.0. The Balaban J connectivity index is 1.35. The molecule has 168 valence electrons. The molecule has 2 heterocycles. The molecule has 1 aliphatic rings. The Morgan fingerprint density at radius 1 is 1.03 bits per heavy atom. The Hall–Kier alpha value is -2.77. The quantitative estimate of drug-likeness (QED) is 0.520. The molecule has 1 N–H and O–H groups in total. The Kier molecular flexibility index (Phi) is 7.17. The smallest absolute Gasteiger partial charge is 0.322 e. The van der Waals surface area contributed by atoms with Gasteiger partial charge in [0, 0.05) is 44.0 Å². The Morgan fingerprint density at radius 3 is 2.38 bits per heavy atom. The number of benzene rings is 2. The number of nitrogens with zero attached hydrogens (tertiary/aromatic N) is 5. The molecule has 0 atom stereocenters. The second kappa shape index (κ2) is 10.2. The fourth-order valence-corrected chi connectivity index (χ4v) is 4.24. The highest BCUT2D eigenvalue weighted by atomic mass is 35.5. The summed E-state index contributed by atoms with van der Waals surface area (Å²) in [4.78, 5) is 21.1. The van der Waals surface area contributed by atoms with Gasteiger partial charge in [0.05, 0.1) is 15.7 Å². The van der Waals surface area contributed by atoms with Gasteiger partial charge in [0.25, 0.3) is 0 Å². The minimum Gasteiger partial charge on any atom is -0.368 e. The topological polar surface area (TPSA) is 66.3 Å². The third-order valence-electron chi connectivity index (χ3n) is 5.59. The predicted octanol–water partition coefficient (Wildman–Crippen LogP) is 5.41. The largest absolute Gasteiger partial charge is 0.368 e. The number of aromatic nitrogens is 3. The van der Waals surface area contributed by atoms with Crippen LogP contribution in [0.4, 0.5) is 16.2 Å². The molecule has 1 saturated heterocycles. The van der Waals surface area contributed by atoms with E-state index in [9.17, 15) is 4.79 Å². The van der Waals surface area contributed by atoms with E-state index in [2.05, 4.69) is 51.5 Å². The molecule has 2 aromatic carbocycles. The normalized spacial score (nSPS) is 14.0. The molecular formula is C23H26Cl2N6O. The number of halogens is 2. The van der Waals surface area contributed by atoms with Gasteiger partial charge in [-0.3, -0.25) is 0 Å². The lowest BCUT2D eigenvalue weighted by Crippen LogP contribution is -2.50. The number of urea groups is 1. The van der Waals surface area contributed by atoms with Crippen LogP contribution in [0.25, 0.3) is 11.4 Å². The second-order valence-corrected chi connectivity index (χ2v) is 8.52. The highest BCUT2D eigenvalue weighted by Crippen LogP contribution is 2.30. The first-order chi connectivity index (χ1) is 15.6. The lowest BCUT2D eigenvalue weighted by atomic mass is 10.1. The van der Waals surface area contributed by atoms with Gasteiger partial charge in [-0.05, 0) is 42.8 Å². The first-order valence-electron chi connectivity index (χ1n) is 10.8. The van der Waals surface area contributed by atoms with Gasteiger partial charge in [0.15, 0.2) is 5.82 Å². The average Bonchev–Trinajstić information content (AvgIpc) is 3.29. The zero-order chi connectivity index (χ0) is 22.5. The van der Waals surface area contributed by atoms with E-state index in [0.717, 1.165) is 49.6 Å². The molecule has 1 aromatic heterocycles. The summed E-state index contributed by atoms with van der Waals surface area (Å²) >= 11 is 12.3. The molecule has 4 rings (SSSR count). The van der Waals surface area contributed by atoms with Crippen molar-refractivity contribution in [1.29, 1.82) is 0 Å². The number of anilines is 2. The molecular weight excluding hydrogens is 447 g/mol. The summed E-state index contributed by atoms with van der Waals surface area (Å²) in [5, 5.41) is 8.03. The van der Waals surface area contributed by atoms with Crippen molar-refractivity contribution < 1.29 is 4.79 Å². The molecule has 2 amide bonds. The monoisotopic (exact) mass is 472 g/mol. The van der Waals surface area contributed by atoms with Crippen molar-refractivity contribution in [2.45, 2.75) is 26.3 Å². The van der Waals surface area contributed by atoms with Crippen molar-refractivity contribution in [3.05, 3.63) is 58.8 Å². The van der Waals surface area contributed by atoms with Gasteiger partial charge >= 0.3 is 6.03 Å². The standard InChI is InChI=1S/C23H26Cl2N6O/c1-2-3-11-31-22(26-16-27-31)17-7-9-18(10-8-17)29-12-14-30(15-13-29)23(32)28-21-19(24)5-4-6-20(21)25/h4-10,16H,2-3,11-15H2,1H3,(H,28,32). The lowest BCUT2D eigenvalue weighted by molar-refractivity contribution is 0.208. The molecule has 9 heteroatoms. The molecule has 7 nitrogen and oxygen atoms in total. The van der Waals surface area contributed by atoms with Crippen LogP contribution in [0.5, 0.6) is 0 Å². The van der Waals surface area contributed by atoms with Crippen LogP contribution in [0, 0.1) is 0 Å². The Labute approximate surface area is 197 Å². The van der Waals surface area contributed by atoms with E-state index in [4.69, 9.17) is 23.2 Å². The molecule has 0 spiro atoms. The van der Waals surface area contributed by atoms with Crippen LogP contribution in [0.2, 0.25) is 10.0 Å². The van der Waals surface area contributed by atoms with E-state index in [1.807, 2.05) is 4.68 Å². The lowest BCUT2D eigenvalue weighted by Gasteiger charge is -2.36. The Bertz CT molecular complexity index is 1040. The number of carbonyl (C=O) groups excluding carboxylic acids is 1. The van der Waals surface area contributed by atoms with E-state index in [-0.39, 0.29) is 6.03 Å². The van der Waals surface area contributed by atoms with Gasteiger partial charge in [-0.25, -0.2) is 14.5 Å². The van der Waals surface area contributed by atoms with E-state index >= 15 is 0 Å². The number of rotatable bonds is 6. The van der Waals surface area contributed by atoms with Crippen LogP contribution in [0.1, 0.15) is 19.8 Å². The first-order valence-corrected chi connectivity index (χ1v) is 11.6. The summed E-state index contributed by atoms with van der Waals surface area (Å²) in [6.45, 7) is 5.76. The van der Waals surface area contributed by atoms with Crippen LogP contribution in [-0.2, 0) is 6.54 Å². The van der Waals surface area contributed by atoms with Crippen molar-refractivity contribution in [1.82, 2.24) is 19.7 Å². The fraction of sp³-hybridized carbons (Fsp3) is 0.348. The van der Waals surface area contributed by atoms with Gasteiger partial charge in [-0.1, -0.05) is 42.6 Å². The number of carbonyl (C=O) groups is 1. The van der Waals surface area contributed by atoms with Crippen LogP contribution >= 0.6 is 23.2 Å². The van der Waals surface area contributed by atoms with E-state index in [0.29, 0.717) is 28.8 Å². The summed E-state index contributed by atoms with van der Waals surface area (Å²) in [5.41, 5.74) is 2.63. The van der Waals surface area contributed by atoms with Crippen molar-refractivity contribution in [2.24, 2.45) is 0 Å². The SMILES string of the molecule is CCCCn1ncnc1-c1ccc(N2CCN(C(=O)Nc3c(Cl)cccc3Cl)CC2)cc1. The molecule has 0 aliphatic carbocycles. The minimum atomic E-state index is -0.193. The average molecular weight is 473 g/mol. The van der Waals surface area contributed by atoms with Gasteiger partial charge in [0.2, 0.25) is 0 Å². The summed E-state index contributed by atoms with van der Waals surface area (Å²) < 4.78 is 1.96. The molecule has 32 heavy (non-hydrogen) atoms. The molecule has 0 unspecified atom stereocenters. The predicted molar refractivity (Wildman–Crippen MR) is 130 cm³/mol. The van der Waals surface area contributed by atoms with Crippen molar-refractivity contribution in [3.63, 3.8) is 0 Å². The second-order valence-electron chi connectivity index (χ2n) is 7.71. The summed E-state index contributed by atoms with van der Waals surface area (Å²) in [5.74, 6) is 0.893. The number of aryl methyl sites for hydroxylation is 1.